The highest BCUT2D eigenvalue weighted by Gasteiger charge is 2.71. The number of Topliss-reactive ketones (excluding diaryl/α,β-unsaturated/α-hetero) is 1. The summed E-state index contributed by atoms with van der Waals surface area (Å²) in [5.41, 5.74) is 1.61. The fourth-order valence-corrected chi connectivity index (χ4v) is 11.6. The van der Waals surface area contributed by atoms with Gasteiger partial charge in [-0.25, -0.2) is 0 Å². The first-order chi connectivity index (χ1) is 18.3. The molecule has 5 nitrogen and oxygen atoms in total. The number of likely N-dealkylation sites (N-methyl/N-ethyl adjacent to an activating group) is 1. The monoisotopic (exact) mass is 554 g/mol. The lowest BCUT2D eigenvalue weighted by Gasteiger charge is -2.73. The molecule has 0 spiro atoms. The molecule has 5 rings (SSSR count). The van der Waals surface area contributed by atoms with Crippen LogP contribution in [0.4, 0.5) is 0 Å². The van der Waals surface area contributed by atoms with E-state index < -0.39 is 11.1 Å². The van der Waals surface area contributed by atoms with Crippen LogP contribution in [0.15, 0.2) is 11.1 Å². The molecule has 0 saturated heterocycles. The second-order valence-electron chi connectivity index (χ2n) is 17.0. The van der Waals surface area contributed by atoms with Gasteiger partial charge in [-0.3, -0.25) is 14.5 Å². The van der Waals surface area contributed by atoms with E-state index >= 15 is 0 Å². The molecule has 0 aromatic rings. The summed E-state index contributed by atoms with van der Waals surface area (Å²) in [5, 5.41) is 15.2. The number of carbonyl (C=O) groups is 2. The van der Waals surface area contributed by atoms with Gasteiger partial charge in [0.1, 0.15) is 5.72 Å². The lowest BCUT2D eigenvalue weighted by molar-refractivity contribution is -0.258. The summed E-state index contributed by atoms with van der Waals surface area (Å²) in [4.78, 5) is 28.4. The van der Waals surface area contributed by atoms with E-state index in [9.17, 15) is 14.7 Å². The van der Waals surface area contributed by atoms with Gasteiger partial charge in [-0.15, -0.1) is 0 Å². The maximum atomic E-state index is 13.3. The molecule has 40 heavy (non-hydrogen) atoms. The molecule has 4 fully saturated rings. The molecule has 0 heterocycles. The standard InChI is InChI=1S/C35H58N2O3/c1-21(2)27-24(38)20-31(6)16-18-33(8)23(28(27)31)12-13-26-32(7)17-19-35(40,36-29(39)22(3)37(10)11)30(4,5)25(32)14-15-34(26,33)9/h21-23,25-26,40H,12-20H2,1-11H3,(H,36,39)/t22?,23-,25+,26-,31+,32+,33-,34-,35+/m1/s1. The highest BCUT2D eigenvalue weighted by Crippen LogP contribution is 2.77. The Morgan fingerprint density at radius 3 is 2.12 bits per heavy atom. The van der Waals surface area contributed by atoms with Crippen LogP contribution < -0.4 is 5.32 Å². The number of hydrogen-bond acceptors (Lipinski definition) is 4. The lowest BCUT2D eigenvalue weighted by atomic mass is 9.32. The van der Waals surface area contributed by atoms with Gasteiger partial charge in [0.15, 0.2) is 5.78 Å². The molecule has 2 N–H and O–H groups in total. The van der Waals surface area contributed by atoms with Crippen molar-refractivity contribution in [3.8, 4) is 0 Å². The number of amides is 1. The molecule has 0 aromatic carbocycles. The Hall–Kier alpha value is -1.20. The van der Waals surface area contributed by atoms with Crippen molar-refractivity contribution in [2.75, 3.05) is 14.1 Å². The van der Waals surface area contributed by atoms with Gasteiger partial charge in [-0.2, -0.15) is 0 Å². The Morgan fingerprint density at radius 1 is 0.875 bits per heavy atom. The molecule has 0 radical (unpaired) electrons. The summed E-state index contributed by atoms with van der Waals surface area (Å²) >= 11 is 0. The Bertz CT molecular complexity index is 1120. The molecular formula is C35H58N2O3. The number of ketones is 1. The maximum absolute atomic E-state index is 13.3. The normalized spacial score (nSPS) is 47.0. The largest absolute Gasteiger partial charge is 0.370 e. The summed E-state index contributed by atoms with van der Waals surface area (Å²) in [6.07, 6.45) is 9.18. The summed E-state index contributed by atoms with van der Waals surface area (Å²) in [5.74, 6) is 2.02. The summed E-state index contributed by atoms with van der Waals surface area (Å²) in [6, 6.07) is -0.289. The fraction of sp³-hybridized carbons (Fsp3) is 0.886. The second-order valence-corrected chi connectivity index (χ2v) is 17.0. The Labute approximate surface area is 244 Å². The first-order valence-electron chi connectivity index (χ1n) is 16.3. The zero-order valence-electron chi connectivity index (χ0n) is 27.5. The van der Waals surface area contributed by atoms with Gasteiger partial charge in [0, 0.05) is 11.8 Å². The molecule has 9 atom stereocenters. The minimum Gasteiger partial charge on any atom is -0.370 e. The smallest absolute Gasteiger partial charge is 0.239 e. The molecule has 5 aliphatic carbocycles. The molecule has 1 unspecified atom stereocenters. The Kier molecular flexibility index (Phi) is 6.92. The Balaban J connectivity index is 1.50. The number of nitrogens with zero attached hydrogens (tertiary/aromatic N) is 1. The van der Waals surface area contributed by atoms with Crippen molar-refractivity contribution in [3.05, 3.63) is 11.1 Å². The summed E-state index contributed by atoms with van der Waals surface area (Å²) in [6.45, 7) is 20.9. The number of fused-ring (bicyclic) bond motifs is 7. The number of nitrogens with one attached hydrogen (secondary N) is 1. The van der Waals surface area contributed by atoms with Gasteiger partial charge >= 0.3 is 0 Å². The van der Waals surface area contributed by atoms with Crippen LogP contribution in [0.5, 0.6) is 0 Å². The van der Waals surface area contributed by atoms with Crippen molar-refractivity contribution in [1.29, 1.82) is 0 Å². The van der Waals surface area contributed by atoms with Gasteiger partial charge in [0.2, 0.25) is 5.91 Å². The van der Waals surface area contributed by atoms with Crippen molar-refractivity contribution in [2.24, 2.45) is 50.7 Å². The third kappa shape index (κ3) is 3.77. The molecule has 5 aliphatic rings. The SMILES string of the molecule is CC(C)C1=C2[C@H]3CC[C@@H]4[C@@]5(C)CC[C@@](O)(NC(=O)C(C)N(C)C)C(C)(C)[C@@H]5CC[C@@]4(C)[C@]3(C)CC[C@@]2(C)CC1=O. The van der Waals surface area contributed by atoms with Crippen LogP contribution in [0.25, 0.3) is 0 Å². The minimum absolute atomic E-state index is 0.0520. The van der Waals surface area contributed by atoms with Crippen molar-refractivity contribution < 1.29 is 14.7 Å². The number of allylic oxidation sites excluding steroid dienone is 2. The van der Waals surface area contributed by atoms with E-state index in [0.717, 1.165) is 25.7 Å². The predicted molar refractivity (Wildman–Crippen MR) is 161 cm³/mol. The van der Waals surface area contributed by atoms with Crippen LogP contribution in [0.1, 0.15) is 120 Å². The van der Waals surface area contributed by atoms with Gasteiger partial charge in [-0.05, 0) is 123 Å². The van der Waals surface area contributed by atoms with Gasteiger partial charge in [0.25, 0.3) is 0 Å². The average molecular weight is 555 g/mol. The molecule has 4 saturated carbocycles. The molecule has 0 bridgehead atoms. The van der Waals surface area contributed by atoms with Crippen LogP contribution in [0, 0.1) is 50.7 Å². The zero-order valence-corrected chi connectivity index (χ0v) is 27.5. The van der Waals surface area contributed by atoms with E-state index in [1.807, 2.05) is 25.9 Å². The lowest BCUT2D eigenvalue weighted by Crippen LogP contribution is -2.71. The first kappa shape index (κ1) is 30.3. The second kappa shape index (κ2) is 9.15. The van der Waals surface area contributed by atoms with Crippen molar-refractivity contribution in [3.63, 3.8) is 0 Å². The van der Waals surface area contributed by atoms with Crippen LogP contribution in [-0.2, 0) is 9.59 Å². The molecule has 226 valence electrons. The number of rotatable bonds is 4. The summed E-state index contributed by atoms with van der Waals surface area (Å²) < 4.78 is 0. The molecule has 0 aromatic heterocycles. The van der Waals surface area contributed by atoms with Crippen molar-refractivity contribution in [2.45, 2.75) is 132 Å². The Morgan fingerprint density at radius 2 is 1.52 bits per heavy atom. The van der Waals surface area contributed by atoms with Crippen LogP contribution in [0.2, 0.25) is 0 Å². The molecule has 5 heteroatoms. The molecular weight excluding hydrogens is 496 g/mol. The maximum Gasteiger partial charge on any atom is 0.239 e. The van der Waals surface area contributed by atoms with Gasteiger partial charge < -0.3 is 10.4 Å². The topological polar surface area (TPSA) is 69.6 Å². The zero-order chi connectivity index (χ0) is 29.8. The first-order valence-corrected chi connectivity index (χ1v) is 16.3. The van der Waals surface area contributed by atoms with E-state index in [2.05, 4.69) is 60.7 Å². The van der Waals surface area contributed by atoms with E-state index in [0.29, 0.717) is 42.3 Å². The van der Waals surface area contributed by atoms with Crippen molar-refractivity contribution >= 4 is 11.7 Å². The van der Waals surface area contributed by atoms with E-state index in [4.69, 9.17) is 0 Å². The third-order valence-electron chi connectivity index (χ3n) is 14.5. The molecule has 1 amide bonds. The average Bonchev–Trinajstić information content (AvgIpc) is 3.12. The highest BCUT2D eigenvalue weighted by molar-refractivity contribution is 6.00. The van der Waals surface area contributed by atoms with Gasteiger partial charge in [-0.1, -0.05) is 61.0 Å². The fourth-order valence-electron chi connectivity index (χ4n) is 11.6. The number of aliphatic hydroxyl groups is 1. The van der Waals surface area contributed by atoms with Crippen LogP contribution >= 0.6 is 0 Å². The van der Waals surface area contributed by atoms with E-state index in [1.165, 1.54) is 24.8 Å². The van der Waals surface area contributed by atoms with Crippen molar-refractivity contribution in [1.82, 2.24) is 10.2 Å². The highest BCUT2D eigenvalue weighted by atomic mass is 16.3. The number of hydrogen-bond donors (Lipinski definition) is 2. The van der Waals surface area contributed by atoms with E-state index in [1.54, 1.807) is 5.57 Å². The quantitative estimate of drug-likeness (QED) is 0.378. The van der Waals surface area contributed by atoms with Gasteiger partial charge in [0.05, 0.1) is 6.04 Å². The van der Waals surface area contributed by atoms with Crippen LogP contribution in [0.3, 0.4) is 0 Å². The predicted octanol–water partition coefficient (Wildman–Crippen LogP) is 6.74. The number of carbonyl (C=O) groups excluding carboxylic acids is 2. The molecule has 0 aliphatic heterocycles. The van der Waals surface area contributed by atoms with Crippen LogP contribution in [-0.4, -0.2) is 47.6 Å². The van der Waals surface area contributed by atoms with E-state index in [-0.39, 0.29) is 33.6 Å². The minimum atomic E-state index is -1.21. The summed E-state index contributed by atoms with van der Waals surface area (Å²) in [7, 11) is 3.82. The third-order valence-corrected chi connectivity index (χ3v) is 14.5.